The first-order valence-electron chi connectivity index (χ1n) is 4.81. The first-order chi connectivity index (χ1) is 7.04. The third-order valence-electron chi connectivity index (χ3n) is 2.08. The number of carbonyl (C=O) groups excluding carboxylic acids is 1. The van der Waals surface area contributed by atoms with Crippen molar-refractivity contribution in [3.8, 4) is 0 Å². The van der Waals surface area contributed by atoms with Crippen LogP contribution in [-0.2, 0) is 4.79 Å². The summed E-state index contributed by atoms with van der Waals surface area (Å²) in [5, 5.41) is 20.8. The monoisotopic (exact) mass is 207 g/mol. The van der Waals surface area contributed by atoms with E-state index < -0.39 is 7.12 Å². The minimum absolute atomic E-state index is 0.152. The van der Waals surface area contributed by atoms with Crippen LogP contribution in [0.15, 0.2) is 18.2 Å². The molecule has 1 amide bonds. The second-order valence-corrected chi connectivity index (χ2v) is 3.37. The average Bonchev–Trinajstić information content (AvgIpc) is 2.20. The summed E-state index contributed by atoms with van der Waals surface area (Å²) in [4.78, 5) is 11.2. The molecule has 5 heteroatoms. The van der Waals surface area contributed by atoms with Crippen LogP contribution in [0.5, 0.6) is 0 Å². The number of benzene rings is 1. The third-order valence-corrected chi connectivity index (χ3v) is 2.08. The molecule has 0 unspecified atom stereocenters. The molecule has 1 rings (SSSR count). The van der Waals surface area contributed by atoms with Crippen molar-refractivity contribution in [1.29, 1.82) is 0 Å². The predicted molar refractivity (Wildman–Crippen MR) is 59.9 cm³/mol. The van der Waals surface area contributed by atoms with E-state index in [1.807, 2.05) is 6.92 Å². The molecule has 4 nitrogen and oxygen atoms in total. The highest BCUT2D eigenvalue weighted by atomic mass is 16.4. The van der Waals surface area contributed by atoms with Gasteiger partial charge in [-0.3, -0.25) is 4.79 Å². The van der Waals surface area contributed by atoms with Gasteiger partial charge in [0.15, 0.2) is 0 Å². The molecule has 0 aliphatic carbocycles. The molecular weight excluding hydrogens is 193 g/mol. The maximum absolute atomic E-state index is 11.2. The molecule has 0 heterocycles. The van der Waals surface area contributed by atoms with Crippen molar-refractivity contribution in [2.45, 2.75) is 20.3 Å². The Morgan fingerprint density at radius 2 is 2.13 bits per heavy atom. The van der Waals surface area contributed by atoms with Crippen LogP contribution >= 0.6 is 0 Å². The van der Waals surface area contributed by atoms with Crippen LogP contribution in [-0.4, -0.2) is 23.1 Å². The second-order valence-electron chi connectivity index (χ2n) is 3.37. The lowest BCUT2D eigenvalue weighted by Gasteiger charge is -2.10. The normalized spacial score (nSPS) is 9.87. The quantitative estimate of drug-likeness (QED) is 0.612. The summed E-state index contributed by atoms with van der Waals surface area (Å²) >= 11 is 0. The molecule has 0 aromatic heterocycles. The van der Waals surface area contributed by atoms with Crippen LogP contribution in [0.1, 0.15) is 18.9 Å². The minimum atomic E-state index is -1.57. The number of anilines is 1. The Morgan fingerprint density at radius 3 is 2.67 bits per heavy atom. The molecule has 0 bridgehead atoms. The SMILES string of the molecule is CCC(=O)Nc1ccc(C)cc1B(O)O. The molecule has 15 heavy (non-hydrogen) atoms. The van der Waals surface area contributed by atoms with E-state index in [0.29, 0.717) is 17.6 Å². The highest BCUT2D eigenvalue weighted by Crippen LogP contribution is 2.07. The van der Waals surface area contributed by atoms with E-state index in [1.54, 1.807) is 25.1 Å². The van der Waals surface area contributed by atoms with Gasteiger partial charge in [-0.1, -0.05) is 24.6 Å². The van der Waals surface area contributed by atoms with E-state index >= 15 is 0 Å². The molecule has 0 fully saturated rings. The van der Waals surface area contributed by atoms with Crippen LogP contribution in [0, 0.1) is 6.92 Å². The summed E-state index contributed by atoms with van der Waals surface area (Å²) in [6.07, 6.45) is 0.356. The molecule has 80 valence electrons. The number of hydrogen-bond donors (Lipinski definition) is 3. The molecule has 0 radical (unpaired) electrons. The lowest BCUT2D eigenvalue weighted by atomic mass is 9.78. The number of carbonyl (C=O) groups is 1. The molecule has 1 aromatic carbocycles. The molecule has 0 atom stereocenters. The van der Waals surface area contributed by atoms with Gasteiger partial charge in [0, 0.05) is 17.6 Å². The van der Waals surface area contributed by atoms with Gasteiger partial charge in [0.2, 0.25) is 5.91 Å². The minimum Gasteiger partial charge on any atom is -0.423 e. The predicted octanol–water partition coefficient (Wildman–Crippen LogP) is 0.0233. The van der Waals surface area contributed by atoms with Gasteiger partial charge < -0.3 is 15.4 Å². The van der Waals surface area contributed by atoms with E-state index in [0.717, 1.165) is 5.56 Å². The number of nitrogens with one attached hydrogen (secondary N) is 1. The zero-order valence-corrected chi connectivity index (χ0v) is 8.82. The Bertz CT molecular complexity index is 366. The highest BCUT2D eigenvalue weighted by Gasteiger charge is 2.16. The van der Waals surface area contributed by atoms with Crippen molar-refractivity contribution in [2.24, 2.45) is 0 Å². The number of hydrogen-bond acceptors (Lipinski definition) is 3. The van der Waals surface area contributed by atoms with E-state index in [2.05, 4.69) is 5.32 Å². The molecule has 0 saturated carbocycles. The van der Waals surface area contributed by atoms with E-state index in [-0.39, 0.29) is 5.91 Å². The largest absolute Gasteiger partial charge is 0.490 e. The Hall–Kier alpha value is -1.33. The fourth-order valence-corrected chi connectivity index (χ4v) is 1.25. The fraction of sp³-hybridized carbons (Fsp3) is 0.300. The molecule has 0 saturated heterocycles. The standard InChI is InChI=1S/C10H14BNO3/c1-3-10(13)12-9-5-4-7(2)6-8(9)11(14)15/h4-6,14-15H,3H2,1-2H3,(H,12,13). The molecule has 0 aliphatic heterocycles. The summed E-state index contributed by atoms with van der Waals surface area (Å²) in [6.45, 7) is 3.58. The summed E-state index contributed by atoms with van der Waals surface area (Å²) in [5.41, 5.74) is 1.67. The van der Waals surface area contributed by atoms with E-state index in [1.165, 1.54) is 0 Å². The van der Waals surface area contributed by atoms with Gasteiger partial charge in [-0.15, -0.1) is 0 Å². The van der Waals surface area contributed by atoms with Gasteiger partial charge in [0.1, 0.15) is 0 Å². The van der Waals surface area contributed by atoms with Crippen LogP contribution < -0.4 is 10.8 Å². The van der Waals surface area contributed by atoms with Crippen LogP contribution in [0.3, 0.4) is 0 Å². The van der Waals surface area contributed by atoms with Crippen molar-refractivity contribution in [1.82, 2.24) is 0 Å². The molecular formula is C10H14BNO3. The Balaban J connectivity index is 3.00. The molecule has 0 aliphatic rings. The van der Waals surface area contributed by atoms with E-state index in [9.17, 15) is 4.79 Å². The second kappa shape index (κ2) is 4.95. The Morgan fingerprint density at radius 1 is 1.47 bits per heavy atom. The van der Waals surface area contributed by atoms with Crippen LogP contribution in [0.25, 0.3) is 0 Å². The van der Waals surface area contributed by atoms with Crippen LogP contribution in [0.2, 0.25) is 0 Å². The maximum atomic E-state index is 11.2. The lowest BCUT2D eigenvalue weighted by molar-refractivity contribution is -0.115. The first-order valence-corrected chi connectivity index (χ1v) is 4.81. The van der Waals surface area contributed by atoms with Crippen molar-refractivity contribution in [3.63, 3.8) is 0 Å². The number of amides is 1. The topological polar surface area (TPSA) is 69.6 Å². The third kappa shape index (κ3) is 3.07. The van der Waals surface area contributed by atoms with Gasteiger partial charge in [-0.2, -0.15) is 0 Å². The van der Waals surface area contributed by atoms with Crippen molar-refractivity contribution >= 4 is 24.2 Å². The summed E-state index contributed by atoms with van der Waals surface area (Å²) in [6, 6.07) is 5.10. The van der Waals surface area contributed by atoms with Gasteiger partial charge in [-0.05, 0) is 13.0 Å². The van der Waals surface area contributed by atoms with Crippen molar-refractivity contribution in [2.75, 3.05) is 5.32 Å². The number of aryl methyl sites for hydroxylation is 1. The fourth-order valence-electron chi connectivity index (χ4n) is 1.25. The zero-order valence-electron chi connectivity index (χ0n) is 8.82. The first kappa shape index (κ1) is 11.7. The zero-order chi connectivity index (χ0) is 11.4. The maximum Gasteiger partial charge on any atom is 0.490 e. The van der Waals surface area contributed by atoms with Gasteiger partial charge >= 0.3 is 7.12 Å². The van der Waals surface area contributed by atoms with Gasteiger partial charge in [-0.25, -0.2) is 0 Å². The van der Waals surface area contributed by atoms with Gasteiger partial charge in [0.05, 0.1) is 0 Å². The van der Waals surface area contributed by atoms with Crippen molar-refractivity contribution in [3.05, 3.63) is 23.8 Å². The molecule has 0 spiro atoms. The molecule has 3 N–H and O–H groups in total. The summed E-state index contributed by atoms with van der Waals surface area (Å²) in [5.74, 6) is -0.152. The van der Waals surface area contributed by atoms with Crippen molar-refractivity contribution < 1.29 is 14.8 Å². The summed E-state index contributed by atoms with van der Waals surface area (Å²) in [7, 11) is -1.57. The van der Waals surface area contributed by atoms with Crippen LogP contribution in [0.4, 0.5) is 5.69 Å². The highest BCUT2D eigenvalue weighted by molar-refractivity contribution is 6.60. The van der Waals surface area contributed by atoms with E-state index in [4.69, 9.17) is 10.0 Å². The Kier molecular flexibility index (Phi) is 3.88. The smallest absolute Gasteiger partial charge is 0.423 e. The average molecular weight is 207 g/mol. The summed E-state index contributed by atoms with van der Waals surface area (Å²) < 4.78 is 0. The lowest BCUT2D eigenvalue weighted by Crippen LogP contribution is -2.33. The molecule has 1 aromatic rings. The number of rotatable bonds is 3. The Labute approximate surface area is 89.1 Å². The van der Waals surface area contributed by atoms with Gasteiger partial charge in [0.25, 0.3) is 0 Å².